The molecule has 0 saturated carbocycles. The summed E-state index contributed by atoms with van der Waals surface area (Å²) in [6.07, 6.45) is 1.56. The first-order chi connectivity index (χ1) is 12.9. The lowest BCUT2D eigenvalue weighted by Gasteiger charge is -2.28. The van der Waals surface area contributed by atoms with E-state index in [9.17, 15) is 0 Å². The third-order valence-corrected chi connectivity index (χ3v) is 4.14. The molecule has 2 heterocycles. The SMILES string of the molecule is CC(C)CN(CC(C)C)c1ncnc(Nc2ccc3c(c2)OCCO3)c1N. The lowest BCUT2D eigenvalue weighted by atomic mass is 10.1. The molecule has 1 aliphatic rings. The van der Waals surface area contributed by atoms with Gasteiger partial charge < -0.3 is 25.4 Å². The lowest BCUT2D eigenvalue weighted by molar-refractivity contribution is 0.171. The van der Waals surface area contributed by atoms with Gasteiger partial charge in [-0.3, -0.25) is 0 Å². The molecule has 3 rings (SSSR count). The summed E-state index contributed by atoms with van der Waals surface area (Å²) in [5.41, 5.74) is 7.83. The molecule has 0 saturated heterocycles. The van der Waals surface area contributed by atoms with E-state index < -0.39 is 0 Å². The summed E-state index contributed by atoms with van der Waals surface area (Å²) in [5, 5.41) is 3.29. The quantitative estimate of drug-likeness (QED) is 0.767. The highest BCUT2D eigenvalue weighted by atomic mass is 16.6. The van der Waals surface area contributed by atoms with Crippen LogP contribution in [-0.2, 0) is 0 Å². The number of anilines is 4. The Balaban J connectivity index is 1.85. The Morgan fingerprint density at radius 1 is 1.04 bits per heavy atom. The first-order valence-corrected chi connectivity index (χ1v) is 9.46. The van der Waals surface area contributed by atoms with Gasteiger partial charge in [-0.15, -0.1) is 0 Å². The van der Waals surface area contributed by atoms with Crippen LogP contribution < -0.4 is 25.4 Å². The summed E-state index contributed by atoms with van der Waals surface area (Å²) in [7, 11) is 0. The van der Waals surface area contributed by atoms with Gasteiger partial charge in [-0.25, -0.2) is 9.97 Å². The minimum absolute atomic E-state index is 0.507. The Hall–Kier alpha value is -2.70. The van der Waals surface area contributed by atoms with Crippen molar-refractivity contribution in [2.24, 2.45) is 11.8 Å². The number of rotatable bonds is 7. The number of nitrogens with zero attached hydrogens (tertiary/aromatic N) is 3. The monoisotopic (exact) mass is 371 g/mol. The molecule has 1 aromatic heterocycles. The molecule has 0 fully saturated rings. The summed E-state index contributed by atoms with van der Waals surface area (Å²) in [4.78, 5) is 11.0. The van der Waals surface area contributed by atoms with Gasteiger partial charge in [0.05, 0.1) is 0 Å². The third-order valence-electron chi connectivity index (χ3n) is 4.14. The summed E-state index contributed by atoms with van der Waals surface area (Å²) in [6.45, 7) is 11.7. The van der Waals surface area contributed by atoms with Gasteiger partial charge in [0.2, 0.25) is 0 Å². The molecule has 7 heteroatoms. The Bertz CT molecular complexity index is 769. The minimum Gasteiger partial charge on any atom is -0.486 e. The highest BCUT2D eigenvalue weighted by Crippen LogP contribution is 2.35. The van der Waals surface area contributed by atoms with Gasteiger partial charge in [0.25, 0.3) is 0 Å². The van der Waals surface area contributed by atoms with Crippen molar-refractivity contribution in [2.45, 2.75) is 27.7 Å². The number of nitrogen functional groups attached to an aromatic ring is 1. The predicted molar refractivity (Wildman–Crippen MR) is 109 cm³/mol. The predicted octanol–water partition coefficient (Wildman–Crippen LogP) is 3.69. The molecule has 1 aromatic carbocycles. The van der Waals surface area contributed by atoms with Crippen LogP contribution in [0.15, 0.2) is 24.5 Å². The van der Waals surface area contributed by atoms with Gasteiger partial charge in [-0.2, -0.15) is 0 Å². The fourth-order valence-electron chi connectivity index (χ4n) is 3.12. The number of nitrogens with two attached hydrogens (primary N) is 1. The molecular formula is C20H29N5O2. The lowest BCUT2D eigenvalue weighted by Crippen LogP contribution is -2.32. The van der Waals surface area contributed by atoms with Crippen molar-refractivity contribution in [3.8, 4) is 11.5 Å². The van der Waals surface area contributed by atoms with Crippen LogP contribution in [0.4, 0.5) is 23.0 Å². The average molecular weight is 371 g/mol. The minimum atomic E-state index is 0.507. The third kappa shape index (κ3) is 4.72. The number of fused-ring (bicyclic) bond motifs is 1. The molecule has 0 radical (unpaired) electrons. The number of aromatic nitrogens is 2. The second-order valence-corrected chi connectivity index (χ2v) is 7.64. The summed E-state index contributed by atoms with van der Waals surface area (Å²) < 4.78 is 11.2. The van der Waals surface area contributed by atoms with Crippen molar-refractivity contribution in [1.29, 1.82) is 0 Å². The Morgan fingerprint density at radius 2 is 1.70 bits per heavy atom. The summed E-state index contributed by atoms with van der Waals surface area (Å²) >= 11 is 0. The second-order valence-electron chi connectivity index (χ2n) is 7.64. The zero-order valence-corrected chi connectivity index (χ0v) is 16.5. The van der Waals surface area contributed by atoms with E-state index in [1.54, 1.807) is 6.33 Å². The van der Waals surface area contributed by atoms with Crippen molar-refractivity contribution < 1.29 is 9.47 Å². The van der Waals surface area contributed by atoms with Crippen LogP contribution in [0.1, 0.15) is 27.7 Å². The molecule has 2 aromatic rings. The molecule has 146 valence electrons. The van der Waals surface area contributed by atoms with Crippen molar-refractivity contribution in [3.05, 3.63) is 24.5 Å². The Labute approximate surface area is 160 Å². The number of benzene rings is 1. The van der Waals surface area contributed by atoms with E-state index in [0.717, 1.165) is 36.1 Å². The van der Waals surface area contributed by atoms with Crippen LogP contribution in [-0.4, -0.2) is 36.3 Å². The molecule has 1 aliphatic heterocycles. The van der Waals surface area contributed by atoms with Crippen molar-refractivity contribution in [3.63, 3.8) is 0 Å². The summed E-state index contributed by atoms with van der Waals surface area (Å²) in [5.74, 6) is 3.85. The number of hydrogen-bond donors (Lipinski definition) is 2. The maximum absolute atomic E-state index is 6.44. The molecule has 0 amide bonds. The maximum atomic E-state index is 6.44. The Kier molecular flexibility index (Phi) is 5.88. The number of nitrogens with one attached hydrogen (secondary N) is 1. The Morgan fingerprint density at radius 3 is 2.37 bits per heavy atom. The van der Waals surface area contributed by atoms with Crippen molar-refractivity contribution >= 4 is 23.0 Å². The van der Waals surface area contributed by atoms with Gasteiger partial charge in [0.15, 0.2) is 23.1 Å². The number of ether oxygens (including phenoxy) is 2. The molecule has 3 N–H and O–H groups in total. The van der Waals surface area contributed by atoms with Crippen molar-refractivity contribution in [2.75, 3.05) is 42.3 Å². The van der Waals surface area contributed by atoms with E-state index >= 15 is 0 Å². The van der Waals surface area contributed by atoms with Gasteiger partial charge in [0.1, 0.15) is 25.2 Å². The topological polar surface area (TPSA) is 85.5 Å². The smallest absolute Gasteiger partial charge is 0.163 e. The van der Waals surface area contributed by atoms with Crippen LogP contribution in [0, 0.1) is 11.8 Å². The maximum Gasteiger partial charge on any atom is 0.163 e. The molecule has 7 nitrogen and oxygen atoms in total. The fourth-order valence-corrected chi connectivity index (χ4v) is 3.12. The van der Waals surface area contributed by atoms with E-state index in [1.165, 1.54) is 0 Å². The van der Waals surface area contributed by atoms with E-state index in [4.69, 9.17) is 15.2 Å². The summed E-state index contributed by atoms with van der Waals surface area (Å²) in [6, 6.07) is 5.71. The van der Waals surface area contributed by atoms with Crippen LogP contribution in [0.25, 0.3) is 0 Å². The molecule has 27 heavy (non-hydrogen) atoms. The van der Waals surface area contributed by atoms with Crippen LogP contribution >= 0.6 is 0 Å². The highest BCUT2D eigenvalue weighted by molar-refractivity contribution is 5.78. The fraction of sp³-hybridized carbons (Fsp3) is 0.500. The normalized spacial score (nSPS) is 13.1. The van der Waals surface area contributed by atoms with Gasteiger partial charge >= 0.3 is 0 Å². The van der Waals surface area contributed by atoms with Gasteiger partial charge in [0, 0.05) is 24.8 Å². The van der Waals surface area contributed by atoms with Crippen LogP contribution in [0.2, 0.25) is 0 Å². The van der Waals surface area contributed by atoms with E-state index in [-0.39, 0.29) is 0 Å². The van der Waals surface area contributed by atoms with Crippen LogP contribution in [0.3, 0.4) is 0 Å². The molecule has 0 atom stereocenters. The number of hydrogen-bond acceptors (Lipinski definition) is 7. The van der Waals surface area contributed by atoms with E-state index in [1.807, 2.05) is 18.2 Å². The second kappa shape index (κ2) is 8.33. The molecule has 0 bridgehead atoms. The van der Waals surface area contributed by atoms with E-state index in [0.29, 0.717) is 36.6 Å². The van der Waals surface area contributed by atoms with Crippen LogP contribution in [0.5, 0.6) is 11.5 Å². The zero-order chi connectivity index (χ0) is 19.4. The molecule has 0 spiro atoms. The van der Waals surface area contributed by atoms with Gasteiger partial charge in [-0.1, -0.05) is 27.7 Å². The first kappa shape index (κ1) is 19.1. The average Bonchev–Trinajstić information content (AvgIpc) is 2.62. The first-order valence-electron chi connectivity index (χ1n) is 9.46. The molecule has 0 aliphatic carbocycles. The molecule has 0 unspecified atom stereocenters. The van der Waals surface area contributed by atoms with E-state index in [2.05, 4.69) is 47.9 Å². The highest BCUT2D eigenvalue weighted by Gasteiger charge is 2.18. The standard InChI is InChI=1S/C20H29N5O2/c1-13(2)10-25(11-14(3)4)20-18(21)19(22-12-23-20)24-15-5-6-16-17(9-15)27-8-7-26-16/h5-6,9,12-14H,7-8,10-11,21H2,1-4H3,(H,22,23,24). The van der Waals surface area contributed by atoms with Crippen molar-refractivity contribution in [1.82, 2.24) is 9.97 Å². The zero-order valence-electron chi connectivity index (χ0n) is 16.5. The largest absolute Gasteiger partial charge is 0.486 e. The van der Waals surface area contributed by atoms with Gasteiger partial charge in [-0.05, 0) is 24.0 Å². The molecular weight excluding hydrogens is 342 g/mol.